The molecule has 57 valence electrons. The van der Waals surface area contributed by atoms with E-state index in [4.69, 9.17) is 4.74 Å². The van der Waals surface area contributed by atoms with Crippen LogP contribution in [0.1, 0.15) is 12.8 Å². The maximum atomic E-state index is 11.2. The third-order valence-corrected chi connectivity index (χ3v) is 3.49. The molecular formula is C8H10BO2. The molecule has 2 nitrogen and oxygen atoms in total. The first-order valence-corrected chi connectivity index (χ1v) is 4.38. The predicted octanol–water partition coefficient (Wildman–Crippen LogP) is 0.864. The Morgan fingerprint density at radius 2 is 2.18 bits per heavy atom. The van der Waals surface area contributed by atoms with Crippen molar-refractivity contribution < 1.29 is 9.53 Å². The second kappa shape index (κ2) is 1.82. The molecule has 2 bridgehead atoms. The van der Waals surface area contributed by atoms with Crippen LogP contribution in [0.25, 0.3) is 0 Å². The van der Waals surface area contributed by atoms with Gasteiger partial charge in [-0.15, -0.1) is 0 Å². The normalized spacial score (nSPS) is 52.2. The Bertz CT molecular complexity index is 216. The highest BCUT2D eigenvalue weighted by atomic mass is 16.5. The van der Waals surface area contributed by atoms with Crippen molar-refractivity contribution in [2.75, 3.05) is 6.61 Å². The van der Waals surface area contributed by atoms with Crippen molar-refractivity contribution in [3.05, 3.63) is 0 Å². The summed E-state index contributed by atoms with van der Waals surface area (Å²) in [5.74, 6) is 2.16. The molecule has 3 heterocycles. The van der Waals surface area contributed by atoms with Crippen molar-refractivity contribution >= 4 is 13.2 Å². The Morgan fingerprint density at radius 1 is 1.36 bits per heavy atom. The van der Waals surface area contributed by atoms with Crippen LogP contribution in [-0.4, -0.2) is 19.9 Å². The second-order valence-corrected chi connectivity index (χ2v) is 3.92. The minimum absolute atomic E-state index is 0.0680. The molecule has 0 N–H and O–H groups in total. The Kier molecular flexibility index (Phi) is 1.01. The van der Waals surface area contributed by atoms with E-state index in [2.05, 4.69) is 7.28 Å². The summed E-state index contributed by atoms with van der Waals surface area (Å²) in [6, 6.07) is 0. The molecule has 3 heteroatoms. The standard InChI is InChI=1S/C8H10BO2/c10-8-7-4(3-11-8)5-1-2-6(7)9-5/h4-7H,1-3H2. The Labute approximate surface area is 66.5 Å². The minimum atomic E-state index is 0.0680. The Morgan fingerprint density at radius 3 is 3.00 bits per heavy atom. The molecule has 3 aliphatic rings. The van der Waals surface area contributed by atoms with Crippen molar-refractivity contribution in [3.8, 4) is 0 Å². The largest absolute Gasteiger partial charge is 0.465 e. The number of carbonyl (C=O) groups is 1. The maximum Gasteiger partial charge on any atom is 0.308 e. The molecule has 11 heavy (non-hydrogen) atoms. The van der Waals surface area contributed by atoms with Gasteiger partial charge in [-0.2, -0.15) is 0 Å². The first-order valence-electron chi connectivity index (χ1n) is 4.38. The zero-order chi connectivity index (χ0) is 7.42. The molecule has 4 unspecified atom stereocenters. The van der Waals surface area contributed by atoms with E-state index >= 15 is 0 Å². The number of esters is 1. The molecule has 0 aromatic rings. The van der Waals surface area contributed by atoms with Crippen LogP contribution in [0.15, 0.2) is 0 Å². The Balaban J connectivity index is 1.97. The molecule has 3 saturated heterocycles. The topological polar surface area (TPSA) is 26.3 Å². The van der Waals surface area contributed by atoms with Gasteiger partial charge in [-0.3, -0.25) is 4.79 Å². The quantitative estimate of drug-likeness (QED) is 0.377. The molecular weight excluding hydrogens is 139 g/mol. The monoisotopic (exact) mass is 149 g/mol. The molecule has 0 aromatic carbocycles. The van der Waals surface area contributed by atoms with Crippen LogP contribution in [0.2, 0.25) is 11.6 Å². The zero-order valence-electron chi connectivity index (χ0n) is 6.32. The first-order chi connectivity index (χ1) is 5.36. The number of cyclic esters (lactones) is 1. The van der Waals surface area contributed by atoms with Gasteiger partial charge in [-0.25, -0.2) is 0 Å². The summed E-state index contributed by atoms with van der Waals surface area (Å²) in [5.41, 5.74) is 0. The molecule has 0 aromatic heterocycles. The summed E-state index contributed by atoms with van der Waals surface area (Å²) >= 11 is 0. The van der Waals surface area contributed by atoms with Gasteiger partial charge in [0.2, 0.25) is 0 Å². The van der Waals surface area contributed by atoms with Crippen LogP contribution < -0.4 is 0 Å². The van der Waals surface area contributed by atoms with Gasteiger partial charge in [0.25, 0.3) is 0 Å². The van der Waals surface area contributed by atoms with Crippen molar-refractivity contribution in [1.82, 2.24) is 0 Å². The fourth-order valence-electron chi connectivity index (χ4n) is 2.99. The van der Waals surface area contributed by atoms with Gasteiger partial charge < -0.3 is 4.74 Å². The van der Waals surface area contributed by atoms with Gasteiger partial charge in [0, 0.05) is 5.92 Å². The molecule has 3 rings (SSSR count). The van der Waals surface area contributed by atoms with Crippen molar-refractivity contribution in [3.63, 3.8) is 0 Å². The fourth-order valence-corrected chi connectivity index (χ4v) is 2.99. The van der Waals surface area contributed by atoms with Gasteiger partial charge in [-0.1, -0.05) is 24.5 Å². The summed E-state index contributed by atoms with van der Waals surface area (Å²) in [5, 5.41) is 0. The molecule has 0 saturated carbocycles. The highest BCUT2D eigenvalue weighted by Crippen LogP contribution is 2.56. The van der Waals surface area contributed by atoms with Crippen LogP contribution in [0.5, 0.6) is 0 Å². The van der Waals surface area contributed by atoms with E-state index in [0.29, 0.717) is 24.2 Å². The van der Waals surface area contributed by atoms with Gasteiger partial charge in [-0.05, 0) is 0 Å². The van der Waals surface area contributed by atoms with Gasteiger partial charge in [0.05, 0.1) is 12.5 Å². The van der Waals surface area contributed by atoms with E-state index in [1.165, 1.54) is 12.8 Å². The predicted molar refractivity (Wildman–Crippen MR) is 40.4 cm³/mol. The van der Waals surface area contributed by atoms with Crippen LogP contribution in [0.3, 0.4) is 0 Å². The SMILES string of the molecule is O=C1OCC2C3[B]C(CC3)C12. The smallest absolute Gasteiger partial charge is 0.308 e. The highest BCUT2D eigenvalue weighted by molar-refractivity contribution is 6.43. The van der Waals surface area contributed by atoms with Gasteiger partial charge >= 0.3 is 5.97 Å². The third-order valence-electron chi connectivity index (χ3n) is 3.49. The van der Waals surface area contributed by atoms with Crippen molar-refractivity contribution in [2.45, 2.75) is 24.5 Å². The van der Waals surface area contributed by atoms with Crippen LogP contribution in [0.4, 0.5) is 0 Å². The highest BCUT2D eigenvalue weighted by Gasteiger charge is 2.55. The van der Waals surface area contributed by atoms with E-state index in [1.807, 2.05) is 0 Å². The number of fused-ring (bicyclic) bond motifs is 5. The van der Waals surface area contributed by atoms with Gasteiger partial charge in [0.15, 0.2) is 0 Å². The lowest BCUT2D eigenvalue weighted by Gasteiger charge is -2.20. The fraction of sp³-hybridized carbons (Fsp3) is 0.875. The average Bonchev–Trinajstić information content (AvgIpc) is 2.60. The third kappa shape index (κ3) is 0.621. The number of ether oxygens (including phenoxy) is 1. The number of hydrogen-bond acceptors (Lipinski definition) is 2. The van der Waals surface area contributed by atoms with E-state index in [1.54, 1.807) is 0 Å². The van der Waals surface area contributed by atoms with Crippen molar-refractivity contribution in [1.29, 1.82) is 0 Å². The zero-order valence-corrected chi connectivity index (χ0v) is 6.32. The maximum absolute atomic E-state index is 11.2. The molecule has 3 aliphatic heterocycles. The summed E-state index contributed by atoms with van der Waals surface area (Å²) in [4.78, 5) is 11.2. The average molecular weight is 149 g/mol. The lowest BCUT2D eigenvalue weighted by atomic mass is 9.65. The second-order valence-electron chi connectivity index (χ2n) is 3.92. The summed E-state index contributed by atoms with van der Waals surface area (Å²) in [7, 11) is 2.38. The van der Waals surface area contributed by atoms with Gasteiger partial charge in [0.1, 0.15) is 7.28 Å². The first kappa shape index (κ1) is 6.10. The van der Waals surface area contributed by atoms with E-state index in [0.717, 1.165) is 0 Å². The molecule has 4 atom stereocenters. The van der Waals surface area contributed by atoms with Crippen LogP contribution >= 0.6 is 0 Å². The molecule has 3 fully saturated rings. The van der Waals surface area contributed by atoms with Crippen LogP contribution in [0, 0.1) is 11.8 Å². The number of hydrogen-bond donors (Lipinski definition) is 0. The molecule has 0 aliphatic carbocycles. The van der Waals surface area contributed by atoms with E-state index in [9.17, 15) is 4.79 Å². The number of rotatable bonds is 0. The number of carbonyl (C=O) groups excluding carboxylic acids is 1. The minimum Gasteiger partial charge on any atom is -0.465 e. The van der Waals surface area contributed by atoms with E-state index in [-0.39, 0.29) is 11.9 Å². The Hall–Kier alpha value is -0.465. The summed E-state index contributed by atoms with van der Waals surface area (Å²) in [6.07, 6.45) is 2.52. The lowest BCUT2D eigenvalue weighted by Crippen LogP contribution is -2.18. The van der Waals surface area contributed by atoms with Crippen LogP contribution in [-0.2, 0) is 9.53 Å². The molecule has 0 spiro atoms. The summed E-state index contributed by atoms with van der Waals surface area (Å²) < 4.78 is 5.04. The van der Waals surface area contributed by atoms with Crippen molar-refractivity contribution in [2.24, 2.45) is 11.8 Å². The molecule has 1 radical (unpaired) electrons. The van der Waals surface area contributed by atoms with E-state index < -0.39 is 0 Å². The lowest BCUT2D eigenvalue weighted by molar-refractivity contribution is -0.141. The summed E-state index contributed by atoms with van der Waals surface area (Å²) in [6.45, 7) is 0.696. The molecule has 0 amide bonds.